The average Bonchev–Trinajstić information content (AvgIpc) is 2.92. The summed E-state index contributed by atoms with van der Waals surface area (Å²) in [5.41, 5.74) is 27.2. The fraction of sp³-hybridized carbons (Fsp3) is 0.615. The van der Waals surface area contributed by atoms with Gasteiger partial charge in [-0.2, -0.15) is 11.8 Å². The van der Waals surface area contributed by atoms with Gasteiger partial charge in [0.1, 0.15) is 24.2 Å². The van der Waals surface area contributed by atoms with Crippen LogP contribution in [0.2, 0.25) is 0 Å². The van der Waals surface area contributed by atoms with Gasteiger partial charge in [-0.05, 0) is 55.7 Å². The summed E-state index contributed by atoms with van der Waals surface area (Å²) >= 11 is 1.60. The lowest BCUT2D eigenvalue weighted by atomic mass is 10.0. The standard InChI is InChI=1S/C9H11NO2.C6H14N2O2.C6H13NO2.C5H11NO2S/c10-8(9(11)12)6-7-4-2-1-3-5-7;7-4-2-1-3-5(8)6(9)10;1-3-4(2)5(7)6(8)9;1-9-3-2-4(6)5(7)8/h1-5,8H,6,10H2,(H,11,12);5H,1-4,7-8H2,(H,9,10);4-5H,3,7H2,1-2H3,(H,8,9);4H,2-3,6H2,1H3,(H,7,8)/t8-;5-;4-,5-;4-/m0000/s1. The van der Waals surface area contributed by atoms with E-state index in [-0.39, 0.29) is 5.92 Å². The van der Waals surface area contributed by atoms with Crippen LogP contribution in [0, 0.1) is 5.92 Å². The van der Waals surface area contributed by atoms with E-state index >= 15 is 0 Å². The maximum Gasteiger partial charge on any atom is 0.320 e. The van der Waals surface area contributed by atoms with Crippen molar-refractivity contribution >= 4 is 35.6 Å². The Morgan fingerprint density at radius 3 is 1.60 bits per heavy atom. The summed E-state index contributed by atoms with van der Waals surface area (Å²) in [6, 6.07) is 6.45. The maximum atomic E-state index is 10.4. The first-order valence-electron chi connectivity index (χ1n) is 12.8. The molecule has 14 heteroatoms. The highest BCUT2D eigenvalue weighted by Gasteiger charge is 2.17. The number of carbonyl (C=O) groups is 4. The first-order chi connectivity index (χ1) is 18.7. The van der Waals surface area contributed by atoms with E-state index in [0.717, 1.165) is 30.6 Å². The molecule has 0 amide bonds. The Bertz CT molecular complexity index is 820. The van der Waals surface area contributed by atoms with E-state index in [1.54, 1.807) is 11.8 Å². The topological polar surface area (TPSA) is 279 Å². The Labute approximate surface area is 240 Å². The predicted molar refractivity (Wildman–Crippen MR) is 158 cm³/mol. The molecule has 1 aromatic carbocycles. The number of carboxylic acids is 4. The van der Waals surface area contributed by atoms with Crippen LogP contribution < -0.4 is 28.7 Å². The van der Waals surface area contributed by atoms with Gasteiger partial charge in [0.05, 0.1) is 0 Å². The second-order valence-electron chi connectivity index (χ2n) is 8.84. The SMILES string of the molecule is CC[C@H](C)[C@H](N)C(=O)O.CSCC[C@H](N)C(=O)O.NCCCC[C@H](N)C(=O)O.N[C@@H](Cc1ccccc1)C(=O)O. The third-order valence-electron chi connectivity index (χ3n) is 5.39. The quantitative estimate of drug-likeness (QED) is 0.127. The number of nitrogens with two attached hydrogens (primary N) is 5. The Hall–Kier alpha value is -2.75. The molecule has 0 bridgehead atoms. The molecule has 0 aromatic heterocycles. The van der Waals surface area contributed by atoms with Gasteiger partial charge < -0.3 is 49.1 Å². The van der Waals surface area contributed by atoms with Crippen molar-refractivity contribution in [3.8, 4) is 0 Å². The van der Waals surface area contributed by atoms with Gasteiger partial charge >= 0.3 is 23.9 Å². The highest BCUT2D eigenvalue weighted by Crippen LogP contribution is 2.04. The first-order valence-corrected chi connectivity index (χ1v) is 14.2. The summed E-state index contributed by atoms with van der Waals surface area (Å²) in [5, 5.41) is 33.5. The van der Waals surface area contributed by atoms with Crippen molar-refractivity contribution in [3.63, 3.8) is 0 Å². The molecule has 0 aliphatic carbocycles. The number of hydrogen-bond donors (Lipinski definition) is 9. The molecule has 40 heavy (non-hydrogen) atoms. The third-order valence-corrected chi connectivity index (χ3v) is 6.04. The van der Waals surface area contributed by atoms with Gasteiger partial charge in [0, 0.05) is 0 Å². The van der Waals surface area contributed by atoms with Gasteiger partial charge in [-0.25, -0.2) is 0 Å². The number of benzene rings is 1. The Balaban J connectivity index is -0.000000461. The molecule has 0 aliphatic heterocycles. The summed E-state index contributed by atoms with van der Waals surface area (Å²) < 4.78 is 0. The Morgan fingerprint density at radius 2 is 1.25 bits per heavy atom. The maximum absolute atomic E-state index is 10.4. The summed E-state index contributed by atoms with van der Waals surface area (Å²) in [5.74, 6) is -2.83. The molecule has 1 rings (SSSR count). The Kier molecular flexibility index (Phi) is 27.6. The van der Waals surface area contributed by atoms with Crippen molar-refractivity contribution in [2.75, 3.05) is 18.6 Å². The minimum Gasteiger partial charge on any atom is -0.480 e. The van der Waals surface area contributed by atoms with Crippen LogP contribution in [0.25, 0.3) is 0 Å². The van der Waals surface area contributed by atoms with Crippen molar-refractivity contribution < 1.29 is 39.6 Å². The largest absolute Gasteiger partial charge is 0.480 e. The van der Waals surface area contributed by atoms with Gasteiger partial charge in [0.15, 0.2) is 0 Å². The van der Waals surface area contributed by atoms with Gasteiger partial charge in [0.25, 0.3) is 0 Å². The molecule has 0 radical (unpaired) electrons. The molecular weight excluding hydrogens is 542 g/mol. The molecule has 232 valence electrons. The lowest BCUT2D eigenvalue weighted by molar-refractivity contribution is -0.140. The molecule has 13 nitrogen and oxygen atoms in total. The van der Waals surface area contributed by atoms with E-state index in [9.17, 15) is 19.2 Å². The molecule has 0 fully saturated rings. The monoisotopic (exact) mass is 591 g/mol. The van der Waals surface area contributed by atoms with Crippen molar-refractivity contribution in [2.24, 2.45) is 34.6 Å². The summed E-state index contributed by atoms with van der Waals surface area (Å²) in [6.45, 7) is 4.36. The average molecular weight is 592 g/mol. The van der Waals surface area contributed by atoms with Gasteiger partial charge in [-0.1, -0.05) is 57.0 Å². The normalized spacial score (nSPS) is 13.7. The number of thioether (sulfide) groups is 1. The Morgan fingerprint density at radius 1 is 0.775 bits per heavy atom. The number of hydrogen-bond acceptors (Lipinski definition) is 10. The summed E-state index contributed by atoms with van der Waals surface area (Å²) in [4.78, 5) is 40.8. The van der Waals surface area contributed by atoms with E-state index < -0.39 is 48.0 Å². The lowest BCUT2D eigenvalue weighted by Crippen LogP contribution is -2.36. The fourth-order valence-electron chi connectivity index (χ4n) is 2.45. The van der Waals surface area contributed by atoms with E-state index in [1.165, 1.54) is 0 Å². The number of rotatable bonds is 15. The van der Waals surface area contributed by atoms with E-state index in [4.69, 9.17) is 49.1 Å². The predicted octanol–water partition coefficient (Wildman–Crippen LogP) is 0.764. The van der Waals surface area contributed by atoms with Crippen LogP contribution in [0.15, 0.2) is 30.3 Å². The minimum absolute atomic E-state index is 0.0718. The van der Waals surface area contributed by atoms with Crippen LogP contribution in [-0.2, 0) is 25.6 Å². The highest BCUT2D eigenvalue weighted by atomic mass is 32.2. The van der Waals surface area contributed by atoms with Crippen LogP contribution in [0.3, 0.4) is 0 Å². The molecule has 0 saturated heterocycles. The van der Waals surface area contributed by atoms with Crippen molar-refractivity contribution in [3.05, 3.63) is 35.9 Å². The number of unbranched alkanes of at least 4 members (excludes halogenated alkanes) is 1. The number of carboxylic acid groups (broad SMARTS) is 4. The smallest absolute Gasteiger partial charge is 0.320 e. The zero-order valence-electron chi connectivity index (χ0n) is 23.6. The van der Waals surface area contributed by atoms with E-state index in [0.29, 0.717) is 25.8 Å². The summed E-state index contributed by atoms with van der Waals surface area (Å²) in [7, 11) is 0. The van der Waals surface area contributed by atoms with Gasteiger partial charge in [-0.15, -0.1) is 0 Å². The van der Waals surface area contributed by atoms with E-state index in [1.807, 2.05) is 50.4 Å². The zero-order valence-corrected chi connectivity index (χ0v) is 24.5. The molecular formula is C26H49N5O8S. The van der Waals surface area contributed by atoms with Crippen molar-refractivity contribution in [2.45, 2.75) is 76.5 Å². The van der Waals surface area contributed by atoms with Crippen LogP contribution in [-0.4, -0.2) is 87.0 Å². The molecule has 0 unspecified atom stereocenters. The molecule has 1 aromatic rings. The first kappa shape index (κ1) is 41.7. The lowest BCUT2D eigenvalue weighted by Gasteiger charge is -2.11. The van der Waals surface area contributed by atoms with Crippen LogP contribution in [0.5, 0.6) is 0 Å². The molecule has 0 spiro atoms. The van der Waals surface area contributed by atoms with E-state index in [2.05, 4.69) is 0 Å². The summed E-state index contributed by atoms with van der Waals surface area (Å²) in [6.07, 6.45) is 5.84. The highest BCUT2D eigenvalue weighted by molar-refractivity contribution is 7.98. The second-order valence-corrected chi connectivity index (χ2v) is 9.82. The van der Waals surface area contributed by atoms with Gasteiger partial charge in [0.2, 0.25) is 0 Å². The molecule has 5 atom stereocenters. The molecule has 0 heterocycles. The van der Waals surface area contributed by atoms with Crippen LogP contribution >= 0.6 is 11.8 Å². The second kappa shape index (κ2) is 26.5. The number of aliphatic carboxylic acids is 4. The van der Waals surface area contributed by atoms with Crippen LogP contribution in [0.4, 0.5) is 0 Å². The fourth-order valence-corrected chi connectivity index (χ4v) is 2.94. The molecule has 14 N–H and O–H groups in total. The molecule has 0 saturated carbocycles. The van der Waals surface area contributed by atoms with Gasteiger partial charge in [-0.3, -0.25) is 19.2 Å². The third kappa shape index (κ3) is 25.5. The van der Waals surface area contributed by atoms with Crippen LogP contribution in [0.1, 0.15) is 51.5 Å². The van der Waals surface area contributed by atoms with Crippen molar-refractivity contribution in [1.82, 2.24) is 0 Å². The van der Waals surface area contributed by atoms with Crippen molar-refractivity contribution in [1.29, 1.82) is 0 Å². The zero-order chi connectivity index (χ0) is 31.7. The minimum atomic E-state index is -0.959. The molecule has 0 aliphatic rings.